The molecular formula is C17H19BrN2O4S. The molecule has 134 valence electrons. The molecule has 1 heterocycles. The molecule has 25 heavy (non-hydrogen) atoms. The van der Waals surface area contributed by atoms with Crippen LogP contribution in [0.15, 0.2) is 51.8 Å². The summed E-state index contributed by atoms with van der Waals surface area (Å²) in [6, 6.07) is 12.1. The van der Waals surface area contributed by atoms with Gasteiger partial charge in [0.25, 0.3) is 0 Å². The van der Waals surface area contributed by atoms with Crippen molar-refractivity contribution in [3.8, 4) is 11.5 Å². The second-order valence-corrected chi connectivity index (χ2v) is 8.58. The van der Waals surface area contributed by atoms with Crippen LogP contribution in [-0.2, 0) is 10.0 Å². The summed E-state index contributed by atoms with van der Waals surface area (Å²) in [6.07, 6.45) is 0. The summed E-state index contributed by atoms with van der Waals surface area (Å²) in [5.74, 6) is 1.39. The molecule has 0 fully saturated rings. The minimum Gasteiger partial charge on any atom is -0.454 e. The first kappa shape index (κ1) is 18.2. The molecule has 0 aliphatic carbocycles. The second-order valence-electron chi connectivity index (χ2n) is 5.90. The minimum atomic E-state index is -3.58. The van der Waals surface area contributed by atoms with Crippen LogP contribution in [0.25, 0.3) is 0 Å². The predicted octanol–water partition coefficient (Wildman–Crippen LogP) is 2.76. The maximum atomic E-state index is 12.5. The smallest absolute Gasteiger partial charge is 0.240 e. The monoisotopic (exact) mass is 426 g/mol. The fourth-order valence-corrected chi connectivity index (χ4v) is 3.91. The Balaban J connectivity index is 1.77. The topological polar surface area (TPSA) is 67.9 Å². The third kappa shape index (κ3) is 4.14. The normalized spacial score (nSPS) is 14.7. The molecule has 1 aliphatic heterocycles. The molecule has 2 aromatic carbocycles. The van der Waals surface area contributed by atoms with E-state index in [2.05, 4.69) is 20.7 Å². The van der Waals surface area contributed by atoms with Crippen molar-refractivity contribution in [2.75, 3.05) is 27.4 Å². The average Bonchev–Trinajstić information content (AvgIpc) is 3.02. The highest BCUT2D eigenvalue weighted by Gasteiger charge is 2.22. The highest BCUT2D eigenvalue weighted by molar-refractivity contribution is 9.10. The molecule has 0 amide bonds. The largest absolute Gasteiger partial charge is 0.454 e. The van der Waals surface area contributed by atoms with Gasteiger partial charge in [-0.3, -0.25) is 0 Å². The van der Waals surface area contributed by atoms with Crippen LogP contribution in [-0.4, -0.2) is 40.8 Å². The Bertz CT molecular complexity index is 853. The van der Waals surface area contributed by atoms with Crippen molar-refractivity contribution >= 4 is 26.0 Å². The van der Waals surface area contributed by atoms with Crippen molar-refractivity contribution in [2.24, 2.45) is 0 Å². The lowest BCUT2D eigenvalue weighted by Crippen LogP contribution is -2.34. The quantitative estimate of drug-likeness (QED) is 0.768. The molecule has 0 saturated carbocycles. The summed E-state index contributed by atoms with van der Waals surface area (Å²) in [6.45, 7) is 0.451. The van der Waals surface area contributed by atoms with Gasteiger partial charge in [0, 0.05) is 17.1 Å². The van der Waals surface area contributed by atoms with Gasteiger partial charge in [-0.25, -0.2) is 13.1 Å². The van der Waals surface area contributed by atoms with Gasteiger partial charge in [-0.1, -0.05) is 22.0 Å². The van der Waals surface area contributed by atoms with Crippen LogP contribution < -0.4 is 14.2 Å². The second kappa shape index (κ2) is 7.33. The van der Waals surface area contributed by atoms with E-state index in [0.29, 0.717) is 11.5 Å². The SMILES string of the molecule is CN(C)[C@@H](CNS(=O)(=O)c1ccc(Br)cc1)c1ccc2c(c1)OCO2. The zero-order valence-electron chi connectivity index (χ0n) is 13.9. The third-order valence-electron chi connectivity index (χ3n) is 4.00. The Kier molecular flexibility index (Phi) is 5.33. The number of benzene rings is 2. The summed E-state index contributed by atoms with van der Waals surface area (Å²) in [7, 11) is 0.233. The molecule has 0 spiro atoms. The van der Waals surface area contributed by atoms with Crippen molar-refractivity contribution < 1.29 is 17.9 Å². The highest BCUT2D eigenvalue weighted by Crippen LogP contribution is 2.35. The van der Waals surface area contributed by atoms with Crippen LogP contribution in [0.2, 0.25) is 0 Å². The number of likely N-dealkylation sites (N-methyl/N-ethyl adjacent to an activating group) is 1. The summed E-state index contributed by atoms with van der Waals surface area (Å²) in [4.78, 5) is 2.20. The number of nitrogens with zero attached hydrogens (tertiary/aromatic N) is 1. The van der Waals surface area contributed by atoms with Gasteiger partial charge in [0.15, 0.2) is 11.5 Å². The van der Waals surface area contributed by atoms with Gasteiger partial charge in [0.05, 0.1) is 4.90 Å². The number of hydrogen-bond acceptors (Lipinski definition) is 5. The zero-order valence-corrected chi connectivity index (χ0v) is 16.3. The van der Waals surface area contributed by atoms with Crippen LogP contribution in [0.5, 0.6) is 11.5 Å². The molecule has 6 nitrogen and oxygen atoms in total. The fourth-order valence-electron chi connectivity index (χ4n) is 2.60. The Morgan fingerprint density at radius 2 is 1.80 bits per heavy atom. The summed E-state index contributed by atoms with van der Waals surface area (Å²) >= 11 is 3.30. The maximum Gasteiger partial charge on any atom is 0.240 e. The van der Waals surface area contributed by atoms with E-state index in [1.807, 2.05) is 37.2 Å². The van der Waals surface area contributed by atoms with Crippen molar-refractivity contribution in [1.29, 1.82) is 0 Å². The van der Waals surface area contributed by atoms with E-state index in [4.69, 9.17) is 9.47 Å². The molecule has 1 aliphatic rings. The Hall–Kier alpha value is -1.61. The average molecular weight is 427 g/mol. The molecule has 1 atom stereocenters. The molecular weight excluding hydrogens is 408 g/mol. The standard InChI is InChI=1S/C17H19BrN2O4S/c1-20(2)15(12-3-8-16-17(9-12)24-11-23-16)10-19-25(21,22)14-6-4-13(18)5-7-14/h3-9,15,19H,10-11H2,1-2H3/t15-/m0/s1. The lowest BCUT2D eigenvalue weighted by atomic mass is 10.1. The molecule has 8 heteroatoms. The summed E-state index contributed by atoms with van der Waals surface area (Å²) in [5, 5.41) is 0. The van der Waals surface area contributed by atoms with E-state index in [1.54, 1.807) is 24.3 Å². The van der Waals surface area contributed by atoms with Gasteiger partial charge in [-0.05, 0) is 56.1 Å². The lowest BCUT2D eigenvalue weighted by molar-refractivity contribution is 0.174. The van der Waals surface area contributed by atoms with Crippen molar-refractivity contribution in [2.45, 2.75) is 10.9 Å². The van der Waals surface area contributed by atoms with Crippen LogP contribution in [0, 0.1) is 0 Å². The van der Waals surface area contributed by atoms with Crippen LogP contribution in [0.1, 0.15) is 11.6 Å². The molecule has 3 rings (SSSR count). The number of sulfonamides is 1. The van der Waals surface area contributed by atoms with Gasteiger partial charge < -0.3 is 14.4 Å². The van der Waals surface area contributed by atoms with Crippen molar-refractivity contribution in [3.63, 3.8) is 0 Å². The highest BCUT2D eigenvalue weighted by atomic mass is 79.9. The molecule has 0 saturated heterocycles. The van der Waals surface area contributed by atoms with Gasteiger partial charge in [0.2, 0.25) is 16.8 Å². The van der Waals surface area contributed by atoms with E-state index in [1.165, 1.54) is 0 Å². The Labute approximate surface area is 155 Å². The number of hydrogen-bond donors (Lipinski definition) is 1. The van der Waals surface area contributed by atoms with Gasteiger partial charge >= 0.3 is 0 Å². The third-order valence-corrected chi connectivity index (χ3v) is 5.96. The van der Waals surface area contributed by atoms with E-state index in [0.717, 1.165) is 10.0 Å². The van der Waals surface area contributed by atoms with Crippen LogP contribution in [0.3, 0.4) is 0 Å². The Morgan fingerprint density at radius 3 is 2.48 bits per heavy atom. The molecule has 0 radical (unpaired) electrons. The minimum absolute atomic E-state index is 0.139. The molecule has 1 N–H and O–H groups in total. The molecule has 2 aromatic rings. The van der Waals surface area contributed by atoms with E-state index in [9.17, 15) is 8.42 Å². The van der Waals surface area contributed by atoms with Crippen molar-refractivity contribution in [3.05, 3.63) is 52.5 Å². The molecule has 0 bridgehead atoms. The van der Waals surface area contributed by atoms with Gasteiger partial charge in [0.1, 0.15) is 0 Å². The Morgan fingerprint density at radius 1 is 1.12 bits per heavy atom. The molecule has 0 aromatic heterocycles. The summed E-state index contributed by atoms with van der Waals surface area (Å²) < 4.78 is 39.3. The first-order valence-corrected chi connectivity index (χ1v) is 9.95. The number of fused-ring (bicyclic) bond motifs is 1. The van der Waals surface area contributed by atoms with Crippen LogP contribution in [0.4, 0.5) is 0 Å². The summed E-state index contributed by atoms with van der Waals surface area (Å²) in [5.41, 5.74) is 0.952. The fraction of sp³-hybridized carbons (Fsp3) is 0.294. The van der Waals surface area contributed by atoms with E-state index >= 15 is 0 Å². The number of ether oxygens (including phenoxy) is 2. The van der Waals surface area contributed by atoms with E-state index in [-0.39, 0.29) is 24.3 Å². The van der Waals surface area contributed by atoms with E-state index < -0.39 is 10.0 Å². The maximum absolute atomic E-state index is 12.5. The zero-order chi connectivity index (χ0) is 18.0. The predicted molar refractivity (Wildman–Crippen MR) is 98.3 cm³/mol. The first-order valence-electron chi connectivity index (χ1n) is 7.68. The lowest BCUT2D eigenvalue weighted by Gasteiger charge is -2.25. The number of nitrogens with one attached hydrogen (secondary N) is 1. The van der Waals surface area contributed by atoms with Crippen molar-refractivity contribution in [1.82, 2.24) is 9.62 Å². The first-order chi connectivity index (χ1) is 11.9. The molecule has 0 unspecified atom stereocenters. The number of halogens is 1. The van der Waals surface area contributed by atoms with Gasteiger partial charge in [-0.15, -0.1) is 0 Å². The van der Waals surface area contributed by atoms with Gasteiger partial charge in [-0.2, -0.15) is 0 Å². The van der Waals surface area contributed by atoms with Crippen LogP contribution >= 0.6 is 15.9 Å². The number of rotatable bonds is 6.